The zero-order valence-electron chi connectivity index (χ0n) is 6.28. The highest BCUT2D eigenvalue weighted by molar-refractivity contribution is 5.88. The zero-order chi connectivity index (χ0) is 8.27. The van der Waals surface area contributed by atoms with Crippen LogP contribution in [-0.2, 0) is 0 Å². The summed E-state index contributed by atoms with van der Waals surface area (Å²) in [5, 5.41) is 9.14. The number of benzene rings is 1. The lowest BCUT2D eigenvalue weighted by Crippen LogP contribution is -1.92. The number of nitrogen functional groups attached to an aromatic ring is 1. The monoisotopic (exact) mass is 150 g/mol. The molecule has 3 N–H and O–H groups in total. The molecule has 1 rings (SSSR count). The molecule has 0 unspecified atom stereocenters. The van der Waals surface area contributed by atoms with Gasteiger partial charge < -0.3 is 10.8 Å². The number of phenols is 1. The first-order valence-corrected chi connectivity index (χ1v) is 3.25. The average Bonchev–Trinajstić information content (AvgIpc) is 1.99. The molecule has 0 aliphatic carbocycles. The number of nitrogens with zero attached hydrogens (tertiary/aromatic N) is 1. The molecule has 0 heterocycles. The lowest BCUT2D eigenvalue weighted by atomic mass is 10.2. The molecule has 58 valence electrons. The minimum absolute atomic E-state index is 0.0994. The number of hydrogen-bond donors (Lipinski definition) is 2. The van der Waals surface area contributed by atoms with Gasteiger partial charge in [0.05, 0.1) is 5.69 Å². The molecule has 0 saturated carbocycles. The fraction of sp³-hybridized carbons (Fsp3) is 0.125. The van der Waals surface area contributed by atoms with E-state index in [0.717, 1.165) is 5.56 Å². The van der Waals surface area contributed by atoms with E-state index in [1.165, 1.54) is 0 Å². The summed E-state index contributed by atoms with van der Waals surface area (Å²) in [6, 6.07) is 5.06. The van der Waals surface area contributed by atoms with Crippen LogP contribution in [-0.4, -0.2) is 18.4 Å². The molecule has 0 spiro atoms. The zero-order valence-corrected chi connectivity index (χ0v) is 6.28. The van der Waals surface area contributed by atoms with Crippen LogP contribution < -0.4 is 5.73 Å². The standard InChI is InChI=1S/C8H10N2O/c1-10-5-6-3-2-4-7(11)8(6)9/h2-5,11H,9H2,1H3. The van der Waals surface area contributed by atoms with E-state index in [1.54, 1.807) is 31.5 Å². The van der Waals surface area contributed by atoms with E-state index in [9.17, 15) is 0 Å². The van der Waals surface area contributed by atoms with Crippen LogP contribution in [0.5, 0.6) is 5.75 Å². The van der Waals surface area contributed by atoms with Gasteiger partial charge >= 0.3 is 0 Å². The largest absolute Gasteiger partial charge is 0.506 e. The second-order valence-electron chi connectivity index (χ2n) is 2.17. The topological polar surface area (TPSA) is 58.6 Å². The molecule has 3 nitrogen and oxygen atoms in total. The van der Waals surface area contributed by atoms with Crippen molar-refractivity contribution in [1.82, 2.24) is 0 Å². The molecular formula is C8H10N2O. The fourth-order valence-electron chi connectivity index (χ4n) is 0.822. The third kappa shape index (κ3) is 1.49. The summed E-state index contributed by atoms with van der Waals surface area (Å²) in [4.78, 5) is 3.79. The molecule has 0 amide bonds. The molecular weight excluding hydrogens is 140 g/mol. The average molecular weight is 150 g/mol. The van der Waals surface area contributed by atoms with Gasteiger partial charge in [0.1, 0.15) is 5.75 Å². The molecule has 0 saturated heterocycles. The fourth-order valence-corrected chi connectivity index (χ4v) is 0.822. The van der Waals surface area contributed by atoms with Crippen molar-refractivity contribution in [1.29, 1.82) is 0 Å². The van der Waals surface area contributed by atoms with Gasteiger partial charge in [-0.3, -0.25) is 4.99 Å². The van der Waals surface area contributed by atoms with Crippen molar-refractivity contribution in [2.45, 2.75) is 0 Å². The van der Waals surface area contributed by atoms with Crippen LogP contribution in [0.4, 0.5) is 5.69 Å². The molecule has 1 aromatic rings. The van der Waals surface area contributed by atoms with Crippen LogP contribution in [0, 0.1) is 0 Å². The van der Waals surface area contributed by atoms with Crippen LogP contribution in [0.15, 0.2) is 23.2 Å². The molecule has 0 aliphatic rings. The minimum Gasteiger partial charge on any atom is -0.506 e. The minimum atomic E-state index is 0.0994. The van der Waals surface area contributed by atoms with Gasteiger partial charge in [0.15, 0.2) is 0 Å². The van der Waals surface area contributed by atoms with E-state index in [0.29, 0.717) is 5.69 Å². The molecule has 3 heteroatoms. The van der Waals surface area contributed by atoms with Crippen molar-refractivity contribution in [3.8, 4) is 5.75 Å². The maximum Gasteiger partial charge on any atom is 0.139 e. The van der Waals surface area contributed by atoms with Crippen molar-refractivity contribution < 1.29 is 5.11 Å². The number of aliphatic imine (C=N–C) groups is 1. The van der Waals surface area contributed by atoms with Crippen molar-refractivity contribution in [2.24, 2.45) is 4.99 Å². The normalized spacial score (nSPS) is 10.6. The van der Waals surface area contributed by atoms with E-state index >= 15 is 0 Å². The first kappa shape index (κ1) is 7.60. The Morgan fingerprint density at radius 3 is 2.91 bits per heavy atom. The smallest absolute Gasteiger partial charge is 0.139 e. The number of para-hydroxylation sites is 1. The first-order valence-electron chi connectivity index (χ1n) is 3.25. The van der Waals surface area contributed by atoms with Crippen LogP contribution in [0.2, 0.25) is 0 Å². The van der Waals surface area contributed by atoms with Crippen LogP contribution >= 0.6 is 0 Å². The Balaban J connectivity index is 3.16. The van der Waals surface area contributed by atoms with E-state index in [1.807, 2.05) is 0 Å². The van der Waals surface area contributed by atoms with Crippen LogP contribution in [0.3, 0.4) is 0 Å². The Morgan fingerprint density at radius 2 is 2.27 bits per heavy atom. The quantitative estimate of drug-likeness (QED) is 0.357. The molecule has 0 bridgehead atoms. The maximum atomic E-state index is 9.14. The summed E-state index contributed by atoms with van der Waals surface area (Å²) < 4.78 is 0. The summed E-state index contributed by atoms with van der Waals surface area (Å²) in [5.74, 6) is 0.0994. The van der Waals surface area contributed by atoms with E-state index < -0.39 is 0 Å². The molecule has 1 aromatic carbocycles. The van der Waals surface area contributed by atoms with Gasteiger partial charge in [0.25, 0.3) is 0 Å². The Labute approximate surface area is 65.2 Å². The third-order valence-corrected chi connectivity index (χ3v) is 1.39. The van der Waals surface area contributed by atoms with Crippen molar-refractivity contribution in [3.05, 3.63) is 23.8 Å². The molecule has 0 radical (unpaired) electrons. The number of nitrogens with two attached hydrogens (primary N) is 1. The number of hydrogen-bond acceptors (Lipinski definition) is 3. The van der Waals surface area contributed by atoms with E-state index in [-0.39, 0.29) is 5.75 Å². The second kappa shape index (κ2) is 3.05. The lowest BCUT2D eigenvalue weighted by Gasteiger charge is -2.00. The number of aromatic hydroxyl groups is 1. The molecule has 11 heavy (non-hydrogen) atoms. The van der Waals surface area contributed by atoms with Crippen molar-refractivity contribution >= 4 is 11.9 Å². The highest BCUT2D eigenvalue weighted by Gasteiger charge is 1.98. The van der Waals surface area contributed by atoms with Gasteiger partial charge in [-0.15, -0.1) is 0 Å². The van der Waals surface area contributed by atoms with Crippen LogP contribution in [0.25, 0.3) is 0 Å². The molecule has 0 atom stereocenters. The molecule has 0 aliphatic heterocycles. The number of phenolic OH excluding ortho intramolecular Hbond substituents is 1. The molecule has 0 fully saturated rings. The van der Waals surface area contributed by atoms with Gasteiger partial charge in [0, 0.05) is 18.8 Å². The highest BCUT2D eigenvalue weighted by atomic mass is 16.3. The highest BCUT2D eigenvalue weighted by Crippen LogP contribution is 2.21. The van der Waals surface area contributed by atoms with Gasteiger partial charge in [0.2, 0.25) is 0 Å². The van der Waals surface area contributed by atoms with Gasteiger partial charge in [-0.05, 0) is 6.07 Å². The SMILES string of the molecule is CN=Cc1cccc(O)c1N. The first-order chi connectivity index (χ1) is 5.25. The van der Waals surface area contributed by atoms with Crippen molar-refractivity contribution in [2.75, 3.05) is 12.8 Å². The Kier molecular flexibility index (Phi) is 2.11. The van der Waals surface area contributed by atoms with E-state index in [4.69, 9.17) is 10.8 Å². The van der Waals surface area contributed by atoms with Crippen molar-refractivity contribution in [3.63, 3.8) is 0 Å². The second-order valence-corrected chi connectivity index (χ2v) is 2.17. The summed E-state index contributed by atoms with van der Waals surface area (Å²) in [5.41, 5.74) is 6.64. The number of rotatable bonds is 1. The Hall–Kier alpha value is -1.51. The number of anilines is 1. The third-order valence-electron chi connectivity index (χ3n) is 1.39. The summed E-state index contributed by atoms with van der Waals surface area (Å²) in [7, 11) is 1.66. The Morgan fingerprint density at radius 1 is 1.55 bits per heavy atom. The molecule has 0 aromatic heterocycles. The maximum absolute atomic E-state index is 9.14. The lowest BCUT2D eigenvalue weighted by molar-refractivity contribution is 0.478. The van der Waals surface area contributed by atoms with Gasteiger partial charge in [-0.1, -0.05) is 12.1 Å². The predicted octanol–water partition coefficient (Wildman–Crippen LogP) is 1.02. The Bertz CT molecular complexity index is 281. The summed E-state index contributed by atoms with van der Waals surface area (Å²) in [6.07, 6.45) is 1.61. The van der Waals surface area contributed by atoms with E-state index in [2.05, 4.69) is 4.99 Å². The summed E-state index contributed by atoms with van der Waals surface area (Å²) >= 11 is 0. The van der Waals surface area contributed by atoms with Gasteiger partial charge in [-0.25, -0.2) is 0 Å². The van der Waals surface area contributed by atoms with Crippen LogP contribution in [0.1, 0.15) is 5.56 Å². The summed E-state index contributed by atoms with van der Waals surface area (Å²) in [6.45, 7) is 0. The predicted molar refractivity (Wildman–Crippen MR) is 46.0 cm³/mol. The van der Waals surface area contributed by atoms with Gasteiger partial charge in [-0.2, -0.15) is 0 Å².